The minimum Gasteiger partial charge on any atom is -0.294 e. The van der Waals surface area contributed by atoms with Crippen molar-refractivity contribution in [1.82, 2.24) is 4.98 Å². The second-order valence-corrected chi connectivity index (χ2v) is 7.01. The van der Waals surface area contributed by atoms with Gasteiger partial charge >= 0.3 is 0 Å². The van der Waals surface area contributed by atoms with Gasteiger partial charge in [-0.05, 0) is 37.8 Å². The third kappa shape index (κ3) is 1.90. The second-order valence-electron chi connectivity index (χ2n) is 5.02. The van der Waals surface area contributed by atoms with Crippen molar-refractivity contribution < 1.29 is 13.4 Å². The standard InChI is InChI=1S/C13H14FNO2S/c14-13-11(2-1-5-15-13)12(16)8-6-9-3-4-10(7-8)18(9)17/h1-2,5,8-10H,3-4,6-7H2. The maximum Gasteiger partial charge on any atom is 0.223 e. The Labute approximate surface area is 107 Å². The Balaban J connectivity index is 1.83. The Bertz CT molecular complexity index is 503. The Morgan fingerprint density at radius 1 is 1.33 bits per heavy atom. The number of carbonyl (C=O) groups excluding carboxylic acids is 1. The molecule has 1 aromatic rings. The van der Waals surface area contributed by atoms with Crippen LogP contribution in [0.4, 0.5) is 4.39 Å². The summed E-state index contributed by atoms with van der Waals surface area (Å²) in [6.45, 7) is 0. The molecule has 2 bridgehead atoms. The highest BCUT2D eigenvalue weighted by atomic mass is 32.2. The molecule has 18 heavy (non-hydrogen) atoms. The zero-order chi connectivity index (χ0) is 12.7. The number of halogens is 1. The van der Waals surface area contributed by atoms with Gasteiger partial charge in [0.25, 0.3) is 0 Å². The lowest BCUT2D eigenvalue weighted by molar-refractivity contribution is 0.0901. The van der Waals surface area contributed by atoms with Gasteiger partial charge in [0.05, 0.1) is 5.56 Å². The summed E-state index contributed by atoms with van der Waals surface area (Å²) in [5, 5.41) is 0.273. The van der Waals surface area contributed by atoms with Crippen LogP contribution in [0, 0.1) is 11.9 Å². The maximum atomic E-state index is 13.5. The van der Waals surface area contributed by atoms with Crippen LogP contribution >= 0.6 is 0 Å². The predicted molar refractivity (Wildman–Crippen MR) is 66.2 cm³/mol. The Hall–Kier alpha value is -1.10. The van der Waals surface area contributed by atoms with Crippen molar-refractivity contribution in [3.63, 3.8) is 0 Å². The summed E-state index contributed by atoms with van der Waals surface area (Å²) >= 11 is 0. The third-order valence-corrected chi connectivity index (χ3v) is 6.13. The van der Waals surface area contributed by atoms with Crippen molar-refractivity contribution in [2.75, 3.05) is 0 Å². The van der Waals surface area contributed by atoms with Crippen LogP contribution in [0.25, 0.3) is 0 Å². The Kier molecular flexibility index (Phi) is 3.01. The average molecular weight is 267 g/mol. The molecule has 2 fully saturated rings. The van der Waals surface area contributed by atoms with Gasteiger partial charge in [-0.25, -0.2) is 4.98 Å². The van der Waals surface area contributed by atoms with Gasteiger partial charge in [0.15, 0.2) is 5.78 Å². The molecule has 3 heterocycles. The van der Waals surface area contributed by atoms with Gasteiger partial charge in [0, 0.05) is 33.4 Å². The lowest BCUT2D eigenvalue weighted by Crippen LogP contribution is -2.32. The van der Waals surface area contributed by atoms with Gasteiger partial charge < -0.3 is 0 Å². The fraction of sp³-hybridized carbons (Fsp3) is 0.538. The summed E-state index contributed by atoms with van der Waals surface area (Å²) in [4.78, 5) is 15.8. The number of hydrogen-bond acceptors (Lipinski definition) is 3. The molecular weight excluding hydrogens is 253 g/mol. The number of nitrogens with zero attached hydrogens (tertiary/aromatic N) is 1. The number of carbonyl (C=O) groups is 1. The number of fused-ring (bicyclic) bond motifs is 2. The topological polar surface area (TPSA) is 47.0 Å². The first-order valence-electron chi connectivity index (χ1n) is 6.21. The molecule has 0 N–H and O–H groups in total. The summed E-state index contributed by atoms with van der Waals surface area (Å²) in [6, 6.07) is 3.06. The number of rotatable bonds is 2. The Morgan fingerprint density at radius 2 is 2.00 bits per heavy atom. The molecule has 2 aliphatic rings. The molecule has 3 rings (SSSR count). The van der Waals surface area contributed by atoms with E-state index in [1.54, 1.807) is 6.07 Å². The van der Waals surface area contributed by atoms with E-state index in [0.29, 0.717) is 12.8 Å². The van der Waals surface area contributed by atoms with Crippen molar-refractivity contribution in [1.29, 1.82) is 0 Å². The Morgan fingerprint density at radius 3 is 2.61 bits per heavy atom. The lowest BCUT2D eigenvalue weighted by Gasteiger charge is -2.26. The van der Waals surface area contributed by atoms with E-state index < -0.39 is 16.7 Å². The van der Waals surface area contributed by atoms with Gasteiger partial charge in [-0.3, -0.25) is 9.00 Å². The highest BCUT2D eigenvalue weighted by Crippen LogP contribution is 2.39. The van der Waals surface area contributed by atoms with Crippen LogP contribution in [0.2, 0.25) is 0 Å². The predicted octanol–water partition coefficient (Wildman–Crippen LogP) is 2.09. The molecule has 1 aromatic heterocycles. The number of aromatic nitrogens is 1. The summed E-state index contributed by atoms with van der Waals surface area (Å²) in [7, 11) is -0.779. The van der Waals surface area contributed by atoms with E-state index in [0.717, 1.165) is 12.8 Å². The number of ketones is 1. The van der Waals surface area contributed by atoms with Crippen LogP contribution in [-0.2, 0) is 10.8 Å². The zero-order valence-electron chi connectivity index (χ0n) is 9.84. The van der Waals surface area contributed by atoms with Crippen LogP contribution in [0.1, 0.15) is 36.0 Å². The minimum absolute atomic E-state index is 0.0783. The summed E-state index contributed by atoms with van der Waals surface area (Å²) in [5.74, 6) is -1.05. The quantitative estimate of drug-likeness (QED) is 0.609. The largest absolute Gasteiger partial charge is 0.294 e. The maximum absolute atomic E-state index is 13.5. The van der Waals surface area contributed by atoms with Crippen molar-refractivity contribution >= 4 is 16.6 Å². The highest BCUT2D eigenvalue weighted by molar-refractivity contribution is 7.86. The SMILES string of the molecule is O=C(c1cccnc1F)C1CC2CCC(C1)S2=O. The zero-order valence-corrected chi connectivity index (χ0v) is 10.7. The van der Waals surface area contributed by atoms with Crippen molar-refractivity contribution in [3.05, 3.63) is 29.8 Å². The van der Waals surface area contributed by atoms with E-state index in [1.807, 2.05) is 0 Å². The van der Waals surface area contributed by atoms with Crippen LogP contribution in [0.3, 0.4) is 0 Å². The molecule has 0 aromatic carbocycles. The van der Waals surface area contributed by atoms with Crippen LogP contribution < -0.4 is 0 Å². The number of pyridine rings is 1. The molecule has 2 aliphatic heterocycles. The summed E-state index contributed by atoms with van der Waals surface area (Å²) in [5.41, 5.74) is 0.0783. The van der Waals surface area contributed by atoms with Crippen molar-refractivity contribution in [2.24, 2.45) is 5.92 Å². The van der Waals surface area contributed by atoms with E-state index in [2.05, 4.69) is 4.98 Å². The molecule has 0 aliphatic carbocycles. The molecule has 2 saturated heterocycles. The van der Waals surface area contributed by atoms with Gasteiger partial charge in [0.1, 0.15) is 0 Å². The normalized spacial score (nSPS) is 34.5. The second kappa shape index (κ2) is 4.53. The number of Topliss-reactive ketones (excluding diaryl/α,β-unsaturated/α-hetero) is 1. The monoisotopic (exact) mass is 267 g/mol. The van der Waals surface area contributed by atoms with Gasteiger partial charge in [-0.1, -0.05) is 0 Å². The first kappa shape index (κ1) is 12.0. The first-order chi connectivity index (χ1) is 8.66. The van der Waals surface area contributed by atoms with E-state index in [-0.39, 0.29) is 27.8 Å². The molecule has 0 saturated carbocycles. The summed E-state index contributed by atoms with van der Waals surface area (Å²) < 4.78 is 25.4. The molecule has 3 nitrogen and oxygen atoms in total. The molecule has 5 heteroatoms. The van der Waals surface area contributed by atoms with E-state index in [1.165, 1.54) is 12.3 Å². The lowest BCUT2D eigenvalue weighted by atomic mass is 9.91. The van der Waals surface area contributed by atoms with E-state index in [4.69, 9.17) is 0 Å². The smallest absolute Gasteiger partial charge is 0.223 e. The molecule has 2 unspecified atom stereocenters. The summed E-state index contributed by atoms with van der Waals surface area (Å²) in [6.07, 6.45) is 4.49. The average Bonchev–Trinajstić information content (AvgIpc) is 2.61. The van der Waals surface area contributed by atoms with Crippen LogP contribution in [-0.4, -0.2) is 25.5 Å². The first-order valence-corrected chi connectivity index (χ1v) is 7.48. The fourth-order valence-electron chi connectivity index (χ4n) is 3.04. The van der Waals surface area contributed by atoms with Crippen LogP contribution in [0.15, 0.2) is 18.3 Å². The van der Waals surface area contributed by atoms with Crippen LogP contribution in [0.5, 0.6) is 0 Å². The molecule has 0 amide bonds. The van der Waals surface area contributed by atoms with E-state index >= 15 is 0 Å². The number of hydrogen-bond donors (Lipinski definition) is 0. The minimum atomic E-state index is -0.779. The third-order valence-electron chi connectivity index (χ3n) is 3.96. The molecule has 0 spiro atoms. The van der Waals surface area contributed by atoms with Crippen molar-refractivity contribution in [2.45, 2.75) is 36.2 Å². The fourth-order valence-corrected chi connectivity index (χ4v) is 5.16. The van der Waals surface area contributed by atoms with Gasteiger partial charge in [0.2, 0.25) is 5.95 Å². The van der Waals surface area contributed by atoms with Gasteiger partial charge in [-0.2, -0.15) is 4.39 Å². The molecule has 2 atom stereocenters. The molecule has 0 radical (unpaired) electrons. The van der Waals surface area contributed by atoms with Crippen molar-refractivity contribution in [3.8, 4) is 0 Å². The van der Waals surface area contributed by atoms with E-state index in [9.17, 15) is 13.4 Å². The molecule has 96 valence electrons. The highest BCUT2D eigenvalue weighted by Gasteiger charge is 2.43. The molecular formula is C13H14FNO2S. The van der Waals surface area contributed by atoms with Gasteiger partial charge in [-0.15, -0.1) is 0 Å².